The molecule has 0 saturated heterocycles. The molecule has 0 amide bonds. The van der Waals surface area contributed by atoms with Crippen LogP contribution in [0.25, 0.3) is 32.3 Å². The molecule has 0 spiro atoms. The highest BCUT2D eigenvalue weighted by Gasteiger charge is 2.23. The van der Waals surface area contributed by atoms with Crippen LogP contribution in [-0.4, -0.2) is 0 Å². The van der Waals surface area contributed by atoms with E-state index in [9.17, 15) is 0 Å². The molecule has 0 bridgehead atoms. The number of anilines is 6. The smallest absolute Gasteiger partial charge is 0.0619 e. The highest BCUT2D eigenvalue weighted by atomic mass is 15.2. The summed E-state index contributed by atoms with van der Waals surface area (Å²) in [5, 5.41) is 7.29. The van der Waals surface area contributed by atoms with Gasteiger partial charge in [-0.2, -0.15) is 0 Å². The minimum absolute atomic E-state index is 1.13. The maximum absolute atomic E-state index is 2.45. The average Bonchev–Trinajstić information content (AvgIpc) is 3.11. The molecule has 0 unspecified atom stereocenters. The Kier molecular flexibility index (Phi) is 7.42. The molecule has 0 radical (unpaired) electrons. The Morgan fingerprint density at radius 1 is 0.312 bits per heavy atom. The van der Waals surface area contributed by atoms with Crippen molar-refractivity contribution in [3.8, 4) is 0 Å². The Morgan fingerprint density at radius 3 is 1.21 bits per heavy atom. The van der Waals surface area contributed by atoms with Crippen LogP contribution in [-0.2, 0) is 0 Å². The lowest BCUT2D eigenvalue weighted by Crippen LogP contribution is -2.13. The minimum atomic E-state index is 1.13. The molecule has 0 aliphatic carbocycles. The Balaban J connectivity index is 1.50. The number of rotatable bonds is 6. The number of fused-ring (bicyclic) bond motifs is 3. The monoisotopic (exact) mass is 618 g/mol. The van der Waals surface area contributed by atoms with Crippen molar-refractivity contribution in [3.63, 3.8) is 0 Å². The van der Waals surface area contributed by atoms with Gasteiger partial charge < -0.3 is 9.80 Å². The molecular formula is C46H38N2. The Morgan fingerprint density at radius 2 is 0.729 bits per heavy atom. The number of nitrogens with zero attached hydrogens (tertiary/aromatic N) is 2. The molecule has 8 aromatic rings. The van der Waals surface area contributed by atoms with E-state index in [1.165, 1.54) is 60.3 Å². The van der Waals surface area contributed by atoms with E-state index in [1.807, 2.05) is 0 Å². The van der Waals surface area contributed by atoms with E-state index < -0.39 is 0 Å². The molecule has 48 heavy (non-hydrogen) atoms. The molecule has 8 aromatic carbocycles. The van der Waals surface area contributed by atoms with E-state index in [2.05, 4.69) is 195 Å². The normalized spacial score (nSPS) is 11.3. The van der Waals surface area contributed by atoms with Crippen molar-refractivity contribution in [2.75, 3.05) is 9.80 Å². The Hall–Kier alpha value is -5.86. The van der Waals surface area contributed by atoms with Crippen molar-refractivity contribution in [2.45, 2.75) is 27.7 Å². The number of aryl methyl sites for hydroxylation is 4. The lowest BCUT2D eigenvalue weighted by atomic mass is 9.94. The van der Waals surface area contributed by atoms with Gasteiger partial charge in [-0.25, -0.2) is 0 Å². The summed E-state index contributed by atoms with van der Waals surface area (Å²) in [7, 11) is 0. The van der Waals surface area contributed by atoms with E-state index in [-0.39, 0.29) is 0 Å². The third kappa shape index (κ3) is 5.36. The van der Waals surface area contributed by atoms with Gasteiger partial charge in [0.1, 0.15) is 0 Å². The molecule has 0 aliphatic rings. The van der Waals surface area contributed by atoms with Gasteiger partial charge in [-0.1, -0.05) is 107 Å². The van der Waals surface area contributed by atoms with E-state index in [1.54, 1.807) is 0 Å². The number of benzene rings is 8. The maximum Gasteiger partial charge on any atom is 0.0619 e. The molecule has 0 aromatic heterocycles. The van der Waals surface area contributed by atoms with Gasteiger partial charge in [0.15, 0.2) is 0 Å². The maximum atomic E-state index is 2.45. The second-order valence-electron chi connectivity index (χ2n) is 13.0. The lowest BCUT2D eigenvalue weighted by molar-refractivity contribution is 1.27. The summed E-state index contributed by atoms with van der Waals surface area (Å²) >= 11 is 0. The predicted molar refractivity (Wildman–Crippen MR) is 207 cm³/mol. The Labute approximate surface area is 283 Å². The molecule has 0 aliphatic heterocycles. The van der Waals surface area contributed by atoms with Gasteiger partial charge in [-0.3, -0.25) is 0 Å². The van der Waals surface area contributed by atoms with Crippen LogP contribution in [0.1, 0.15) is 22.3 Å². The fraction of sp³-hybridized carbons (Fsp3) is 0.0870. The van der Waals surface area contributed by atoms with Gasteiger partial charge in [0.25, 0.3) is 0 Å². The van der Waals surface area contributed by atoms with Crippen LogP contribution in [0.4, 0.5) is 34.1 Å². The zero-order chi connectivity index (χ0) is 32.8. The summed E-state index contributed by atoms with van der Waals surface area (Å²) in [6, 6.07) is 58.1. The van der Waals surface area contributed by atoms with Gasteiger partial charge in [-0.05, 0) is 117 Å². The van der Waals surface area contributed by atoms with Crippen LogP contribution < -0.4 is 9.80 Å². The molecule has 0 heterocycles. The molecule has 0 N–H and O–H groups in total. The largest absolute Gasteiger partial charge is 0.310 e. The highest BCUT2D eigenvalue weighted by molar-refractivity contribution is 6.20. The molecule has 0 atom stereocenters. The van der Waals surface area contributed by atoms with Crippen molar-refractivity contribution in [1.82, 2.24) is 0 Å². The van der Waals surface area contributed by atoms with Gasteiger partial charge in [0, 0.05) is 38.9 Å². The Bertz CT molecular complexity index is 2310. The SMILES string of the molecule is Cc1ccc(N(c2ccc(C)cc2)c2cccc3c(N(c4ccc(C)cc4)c4ccc(C)cc4)c4cc5ccccc5cc4cc23)cc1. The minimum Gasteiger partial charge on any atom is -0.310 e. The van der Waals surface area contributed by atoms with Gasteiger partial charge >= 0.3 is 0 Å². The second kappa shape index (κ2) is 12.1. The molecule has 2 heteroatoms. The first-order valence-corrected chi connectivity index (χ1v) is 16.7. The number of hydrogen-bond acceptors (Lipinski definition) is 2. The second-order valence-corrected chi connectivity index (χ2v) is 13.0. The summed E-state index contributed by atoms with van der Waals surface area (Å²) in [6.45, 7) is 8.59. The highest BCUT2D eigenvalue weighted by Crippen LogP contribution is 2.48. The zero-order valence-electron chi connectivity index (χ0n) is 27.9. The van der Waals surface area contributed by atoms with Gasteiger partial charge in [0.05, 0.1) is 11.4 Å². The van der Waals surface area contributed by atoms with Crippen molar-refractivity contribution in [1.29, 1.82) is 0 Å². The van der Waals surface area contributed by atoms with Gasteiger partial charge in [-0.15, -0.1) is 0 Å². The van der Waals surface area contributed by atoms with Crippen LogP contribution in [0.5, 0.6) is 0 Å². The van der Waals surface area contributed by atoms with Crippen molar-refractivity contribution in [3.05, 3.63) is 180 Å². The summed E-state index contributed by atoms with van der Waals surface area (Å²) in [5.41, 5.74) is 11.8. The quantitative estimate of drug-likeness (QED) is 0.171. The topological polar surface area (TPSA) is 6.48 Å². The summed E-state index contributed by atoms with van der Waals surface area (Å²) in [4.78, 5) is 4.85. The van der Waals surface area contributed by atoms with Crippen molar-refractivity contribution in [2.24, 2.45) is 0 Å². The average molecular weight is 619 g/mol. The van der Waals surface area contributed by atoms with Crippen LogP contribution in [0.3, 0.4) is 0 Å². The summed E-state index contributed by atoms with van der Waals surface area (Å²) in [5.74, 6) is 0. The first-order chi connectivity index (χ1) is 23.4. The summed E-state index contributed by atoms with van der Waals surface area (Å²) in [6.07, 6.45) is 0. The van der Waals surface area contributed by atoms with Crippen LogP contribution in [0.2, 0.25) is 0 Å². The van der Waals surface area contributed by atoms with Crippen LogP contribution in [0, 0.1) is 27.7 Å². The van der Waals surface area contributed by atoms with Crippen molar-refractivity contribution >= 4 is 66.4 Å². The first kappa shape index (κ1) is 29.5. The van der Waals surface area contributed by atoms with E-state index >= 15 is 0 Å². The zero-order valence-corrected chi connectivity index (χ0v) is 27.9. The van der Waals surface area contributed by atoms with Crippen molar-refractivity contribution < 1.29 is 0 Å². The third-order valence-electron chi connectivity index (χ3n) is 9.44. The molecular weight excluding hydrogens is 581 g/mol. The molecule has 232 valence electrons. The summed E-state index contributed by atoms with van der Waals surface area (Å²) < 4.78 is 0. The van der Waals surface area contributed by atoms with E-state index in [0.29, 0.717) is 0 Å². The predicted octanol–water partition coefficient (Wildman–Crippen LogP) is 13.3. The molecule has 0 saturated carbocycles. The third-order valence-corrected chi connectivity index (χ3v) is 9.44. The van der Waals surface area contributed by atoms with Gasteiger partial charge in [0.2, 0.25) is 0 Å². The molecule has 0 fully saturated rings. The fourth-order valence-electron chi connectivity index (χ4n) is 6.84. The fourth-order valence-corrected chi connectivity index (χ4v) is 6.84. The van der Waals surface area contributed by atoms with E-state index in [4.69, 9.17) is 0 Å². The standard InChI is InChI=1S/C46H38N2/c1-31-12-20-38(21-13-31)47(39-22-14-32(2)15-23-39)45-11-7-10-42-44(45)30-37-28-35-8-5-6-9-36(35)29-43(37)46(42)48(40-24-16-33(3)17-25-40)41-26-18-34(4)19-27-41/h5-30H,1-4H3. The molecule has 2 nitrogen and oxygen atoms in total. The van der Waals surface area contributed by atoms with Crippen LogP contribution >= 0.6 is 0 Å². The van der Waals surface area contributed by atoms with E-state index in [0.717, 1.165) is 28.4 Å². The first-order valence-electron chi connectivity index (χ1n) is 16.7. The lowest BCUT2D eigenvalue weighted by Gasteiger charge is -2.31. The number of hydrogen-bond donors (Lipinski definition) is 0. The molecule has 8 rings (SSSR count). The van der Waals surface area contributed by atoms with Crippen LogP contribution in [0.15, 0.2) is 158 Å².